The largest absolute Gasteiger partial charge is 0.507 e. The van der Waals surface area contributed by atoms with Crippen LogP contribution in [0.5, 0.6) is 5.75 Å². The summed E-state index contributed by atoms with van der Waals surface area (Å²) in [5, 5.41) is 19.0. The number of benzene rings is 8. The van der Waals surface area contributed by atoms with Gasteiger partial charge in [-0.15, -0.1) is 29.3 Å². The van der Waals surface area contributed by atoms with Crippen molar-refractivity contribution in [2.75, 3.05) is 0 Å². The van der Waals surface area contributed by atoms with Gasteiger partial charge < -0.3 is 5.11 Å². The number of phenolic OH excluding ortho intramolecular Hbond substituents is 1. The normalized spacial score (nSPS) is 13.2. The number of para-hydroxylation sites is 1. The third-order valence-electron chi connectivity index (χ3n) is 13.5. The predicted molar refractivity (Wildman–Crippen MR) is 293 cm³/mol. The molecule has 1 N–H and O–H groups in total. The molecule has 0 amide bonds. The number of fused-ring (bicyclic) bond motifs is 7. The molecule has 10 aromatic rings. The molecule has 0 radical (unpaired) electrons. The summed E-state index contributed by atoms with van der Waals surface area (Å²) in [6.07, 6.45) is 0.340. The maximum atomic E-state index is 12.6. The van der Waals surface area contributed by atoms with Gasteiger partial charge in [0.25, 0.3) is 0 Å². The molecule has 5 heteroatoms. The van der Waals surface area contributed by atoms with Gasteiger partial charge in [-0.2, -0.15) is 0 Å². The van der Waals surface area contributed by atoms with E-state index >= 15 is 0 Å². The van der Waals surface area contributed by atoms with Gasteiger partial charge >= 0.3 is 0 Å². The van der Waals surface area contributed by atoms with E-state index in [1.807, 2.05) is 39.1 Å². The average molecular weight is 1100 g/mol. The molecule has 2 heterocycles. The number of aromatic nitrogens is 3. The average Bonchev–Trinajstić information content (AvgIpc) is 3.72. The number of nitrogens with zero attached hydrogens (tertiary/aromatic N) is 3. The van der Waals surface area contributed by atoms with E-state index in [1.54, 1.807) is 0 Å². The molecule has 8 aromatic carbocycles. The topological polar surface area (TPSA) is 50.9 Å². The van der Waals surface area contributed by atoms with Gasteiger partial charge in [0.1, 0.15) is 11.6 Å². The molecule has 10 rings (SSSR count). The number of pyridine rings is 1. The molecule has 0 spiro atoms. The third-order valence-corrected chi connectivity index (χ3v) is 13.5. The first-order valence-corrected chi connectivity index (χ1v) is 24.3. The van der Waals surface area contributed by atoms with Crippen molar-refractivity contribution in [3.8, 4) is 56.3 Å². The maximum absolute atomic E-state index is 12.6. The first kappa shape index (κ1) is 46.1. The Hall–Kier alpha value is -6.35. The fraction of sp³-hybridized carbons (Fsp3) is 0.262. The number of hydrogen-bond donors (Lipinski definition) is 1. The molecule has 70 heavy (non-hydrogen) atoms. The van der Waals surface area contributed by atoms with Gasteiger partial charge in [-0.25, -0.2) is 4.98 Å². The number of aromatic hydroxyl groups is 1. The van der Waals surface area contributed by atoms with Gasteiger partial charge in [-0.3, -0.25) is 9.55 Å². The molecule has 0 unspecified atom stereocenters. The van der Waals surface area contributed by atoms with Crippen LogP contribution < -0.4 is 0 Å². The van der Waals surface area contributed by atoms with Crippen LogP contribution in [0.25, 0.3) is 93.9 Å². The Morgan fingerprint density at radius 2 is 1.16 bits per heavy atom. The van der Waals surface area contributed by atoms with Crippen LogP contribution in [0.4, 0.5) is 0 Å². The van der Waals surface area contributed by atoms with E-state index in [0.717, 1.165) is 99.2 Å². The molecule has 2 aromatic heterocycles. The summed E-state index contributed by atoms with van der Waals surface area (Å²) in [7, 11) is 0. The predicted octanol–water partition coefficient (Wildman–Crippen LogP) is 17.5. The second kappa shape index (κ2) is 17.8. The van der Waals surface area contributed by atoms with Crippen molar-refractivity contribution in [1.29, 1.82) is 0 Å². The van der Waals surface area contributed by atoms with Crippen molar-refractivity contribution in [1.82, 2.24) is 14.5 Å². The summed E-state index contributed by atoms with van der Waals surface area (Å²) >= 11 is 0. The van der Waals surface area contributed by atoms with Crippen LogP contribution >= 0.6 is 0 Å². The van der Waals surface area contributed by atoms with Crippen molar-refractivity contribution < 1.29 is 28.9 Å². The number of phenols is 1. The van der Waals surface area contributed by atoms with Gasteiger partial charge in [0.05, 0.1) is 16.6 Å². The second-order valence-electron chi connectivity index (χ2n) is 23.0. The van der Waals surface area contributed by atoms with E-state index < -0.39 is 11.8 Å². The monoisotopic (exact) mass is 1100 g/mol. The van der Waals surface area contributed by atoms with Crippen molar-refractivity contribution in [3.63, 3.8) is 0 Å². The summed E-state index contributed by atoms with van der Waals surface area (Å²) in [5.41, 5.74) is 11.5. The smallest absolute Gasteiger partial charge is 0.148 e. The first-order chi connectivity index (χ1) is 33.4. The Labute approximate surface area is 431 Å². The SMILES string of the molecule is [2H]C([2H])(c1ccc2c3ccc(-n4c(-c5cc(C(C)(C)C)cc(C(C)(C)C)c5O)nc5c(-c6[c-]c(-c7cc(-c8ccccc8)ccn7)cc(C(C)(C)C)c6)cccc54)cc3c3ccccc3c2c1)C(C)(C)C.[Pt]. The Bertz CT molecular complexity index is 3710. The summed E-state index contributed by atoms with van der Waals surface area (Å²) in [6.45, 7) is 25.7. The van der Waals surface area contributed by atoms with Crippen LogP contribution in [-0.4, -0.2) is 19.6 Å². The summed E-state index contributed by atoms with van der Waals surface area (Å²) in [4.78, 5) is 10.6. The van der Waals surface area contributed by atoms with Gasteiger partial charge in [-0.05, 0) is 113 Å². The van der Waals surface area contributed by atoms with Crippen LogP contribution in [0.1, 0.15) is 108 Å². The van der Waals surface area contributed by atoms with E-state index in [-0.39, 0.29) is 43.1 Å². The number of imidazole rings is 1. The zero-order valence-electron chi connectivity index (χ0n) is 44.5. The van der Waals surface area contributed by atoms with E-state index in [4.69, 9.17) is 12.7 Å². The molecule has 0 fully saturated rings. The minimum atomic E-state index is -1.54. The molecule has 356 valence electrons. The van der Waals surface area contributed by atoms with Crippen LogP contribution in [0.2, 0.25) is 0 Å². The van der Waals surface area contributed by atoms with E-state index in [9.17, 15) is 5.11 Å². The zero-order valence-corrected chi connectivity index (χ0v) is 44.8. The molecule has 0 aliphatic heterocycles. The molecule has 0 saturated heterocycles. The molecule has 0 saturated carbocycles. The Morgan fingerprint density at radius 3 is 1.81 bits per heavy atom. The van der Waals surface area contributed by atoms with E-state index in [2.05, 4.69) is 206 Å². The molecule has 4 nitrogen and oxygen atoms in total. The Kier molecular flexibility index (Phi) is 11.7. The second-order valence-corrected chi connectivity index (χ2v) is 23.0. The van der Waals surface area contributed by atoms with Crippen molar-refractivity contribution in [3.05, 3.63) is 180 Å². The minimum absolute atomic E-state index is 0. The Balaban J connectivity index is 0.00000640. The maximum Gasteiger partial charge on any atom is 0.148 e. The zero-order chi connectivity index (χ0) is 50.6. The van der Waals surface area contributed by atoms with Crippen LogP contribution in [0.15, 0.2) is 152 Å². The Morgan fingerprint density at radius 1 is 0.543 bits per heavy atom. The van der Waals surface area contributed by atoms with E-state index in [0.29, 0.717) is 17.0 Å². The van der Waals surface area contributed by atoms with Gasteiger partial charge in [0, 0.05) is 46.9 Å². The molecular formula is C65H64N3OPt-. The van der Waals surface area contributed by atoms with Gasteiger partial charge in [0.2, 0.25) is 0 Å². The summed E-state index contributed by atoms with van der Waals surface area (Å²) in [6, 6.07) is 54.8. The minimum Gasteiger partial charge on any atom is -0.507 e. The van der Waals surface area contributed by atoms with Gasteiger partial charge in [-0.1, -0.05) is 197 Å². The molecule has 0 aliphatic rings. The summed E-state index contributed by atoms with van der Waals surface area (Å²) < 4.78 is 20.6. The summed E-state index contributed by atoms with van der Waals surface area (Å²) in [5.74, 6) is 0.865. The molecule has 0 aliphatic carbocycles. The fourth-order valence-corrected chi connectivity index (χ4v) is 9.84. The van der Waals surface area contributed by atoms with E-state index in [1.165, 1.54) is 0 Å². The molecule has 0 atom stereocenters. The van der Waals surface area contributed by atoms with Gasteiger partial charge in [0.15, 0.2) is 0 Å². The quantitative estimate of drug-likeness (QED) is 0.133. The first-order valence-electron chi connectivity index (χ1n) is 25.3. The van der Waals surface area contributed by atoms with Crippen LogP contribution in [-0.2, 0) is 43.7 Å². The molecular weight excluding hydrogens is 1030 g/mol. The van der Waals surface area contributed by atoms with Crippen molar-refractivity contribution in [2.24, 2.45) is 5.41 Å². The third kappa shape index (κ3) is 9.12. The van der Waals surface area contributed by atoms with Crippen molar-refractivity contribution >= 4 is 43.4 Å². The molecule has 0 bridgehead atoms. The fourth-order valence-electron chi connectivity index (χ4n) is 9.84. The van der Waals surface area contributed by atoms with Crippen LogP contribution in [0, 0.1) is 11.5 Å². The number of hydrogen-bond acceptors (Lipinski definition) is 3. The standard InChI is InChI=1S/C65H64N3O.Pt/c1-62(2,3)39-40-25-27-51-52-28-26-47(38-54(52)50-22-17-16-21-49(50)53(51)31-40)68-58-24-18-23-48(59(58)67-61(68)55-36-46(64(7,8)9)37-56(60(55)69)65(10,11)12)43-32-44(34-45(33-43)63(4,5)6)57-35-42(29-30-66-57)41-19-14-13-15-20-41;/h13-31,33-38,69H,39H2,1-12H3;/q-1;/i39D2;. The van der Waals surface area contributed by atoms with Crippen molar-refractivity contribution in [2.45, 2.75) is 106 Å². The number of rotatable bonds is 6. The van der Waals surface area contributed by atoms with Crippen LogP contribution in [0.3, 0.4) is 0 Å².